The summed E-state index contributed by atoms with van der Waals surface area (Å²) >= 11 is 6.40. The van der Waals surface area contributed by atoms with Crippen molar-refractivity contribution in [3.63, 3.8) is 0 Å². The van der Waals surface area contributed by atoms with Crippen LogP contribution in [0.15, 0.2) is 95.9 Å². The normalized spacial score (nSPS) is 11.2. The van der Waals surface area contributed by atoms with Crippen molar-refractivity contribution in [1.29, 1.82) is 0 Å². The number of halogens is 1. The molecule has 0 radical (unpaired) electrons. The van der Waals surface area contributed by atoms with Gasteiger partial charge < -0.3 is 5.32 Å². The van der Waals surface area contributed by atoms with Crippen LogP contribution in [0.1, 0.15) is 28.5 Å². The minimum absolute atomic E-state index is 0.00667. The number of hydrogen-bond acceptors (Lipinski definition) is 5. The summed E-state index contributed by atoms with van der Waals surface area (Å²) in [5.74, 6) is -0.418. The molecule has 0 atom stereocenters. The van der Waals surface area contributed by atoms with Gasteiger partial charge in [0.15, 0.2) is 9.84 Å². The van der Waals surface area contributed by atoms with E-state index in [1.807, 2.05) is 18.2 Å². The molecule has 4 aromatic rings. The maximum atomic E-state index is 13.4. The van der Waals surface area contributed by atoms with Gasteiger partial charge in [-0.05, 0) is 35.9 Å². The number of sulfone groups is 1. The van der Waals surface area contributed by atoms with Crippen LogP contribution in [0.2, 0.25) is 5.02 Å². The van der Waals surface area contributed by atoms with E-state index in [9.17, 15) is 18.0 Å². The van der Waals surface area contributed by atoms with E-state index in [-0.39, 0.29) is 40.3 Å². The zero-order valence-electron chi connectivity index (χ0n) is 19.4. The molecule has 4 rings (SSSR count). The van der Waals surface area contributed by atoms with E-state index >= 15 is 0 Å². The Labute approximate surface area is 214 Å². The Kier molecular flexibility index (Phi) is 7.62. The fourth-order valence-corrected chi connectivity index (χ4v) is 4.80. The number of aromatic nitrogens is 1. The molecule has 1 aromatic heterocycles. The maximum Gasteiger partial charge on any atom is 0.229 e. The van der Waals surface area contributed by atoms with Gasteiger partial charge >= 0.3 is 0 Å². The highest BCUT2D eigenvalue weighted by Crippen LogP contribution is 2.31. The molecule has 1 amide bonds. The van der Waals surface area contributed by atoms with E-state index in [4.69, 9.17) is 11.6 Å². The SMILES string of the molecule is CCS(=O)(=O)c1ccc(CC(=O)Nc2ccc(-c3ccccc3Cl)c(C(=O)c3ccccc3)n2)cc1. The minimum atomic E-state index is -3.31. The molecule has 0 aliphatic carbocycles. The van der Waals surface area contributed by atoms with Gasteiger partial charge in [0.2, 0.25) is 11.7 Å². The number of anilines is 1. The number of nitrogens with one attached hydrogen (secondary N) is 1. The fraction of sp³-hybridized carbons (Fsp3) is 0.107. The molecular formula is C28H23ClN2O4S. The van der Waals surface area contributed by atoms with Crippen molar-refractivity contribution in [2.45, 2.75) is 18.2 Å². The van der Waals surface area contributed by atoms with Crippen LogP contribution in [0.3, 0.4) is 0 Å². The molecule has 36 heavy (non-hydrogen) atoms. The third kappa shape index (κ3) is 5.70. The van der Waals surface area contributed by atoms with Crippen molar-refractivity contribution in [2.24, 2.45) is 0 Å². The highest BCUT2D eigenvalue weighted by molar-refractivity contribution is 7.91. The summed E-state index contributed by atoms with van der Waals surface area (Å²) in [6, 6.07) is 25.5. The lowest BCUT2D eigenvalue weighted by Gasteiger charge is -2.13. The lowest BCUT2D eigenvalue weighted by atomic mass is 9.98. The summed E-state index contributed by atoms with van der Waals surface area (Å²) in [5, 5.41) is 3.21. The van der Waals surface area contributed by atoms with Gasteiger partial charge in [0, 0.05) is 21.7 Å². The predicted octanol–water partition coefficient (Wildman–Crippen LogP) is 5.61. The zero-order chi connectivity index (χ0) is 25.7. The van der Waals surface area contributed by atoms with Crippen molar-refractivity contribution in [3.05, 3.63) is 113 Å². The zero-order valence-corrected chi connectivity index (χ0v) is 21.0. The van der Waals surface area contributed by atoms with E-state index in [1.165, 1.54) is 12.1 Å². The second kappa shape index (κ2) is 10.8. The van der Waals surface area contributed by atoms with E-state index in [0.29, 0.717) is 27.3 Å². The Bertz CT molecular complexity index is 1520. The largest absolute Gasteiger partial charge is 0.310 e. The Morgan fingerprint density at radius 3 is 2.17 bits per heavy atom. The number of rotatable bonds is 8. The summed E-state index contributed by atoms with van der Waals surface area (Å²) in [7, 11) is -3.31. The molecule has 0 saturated carbocycles. The van der Waals surface area contributed by atoms with Crippen LogP contribution >= 0.6 is 11.6 Å². The van der Waals surface area contributed by atoms with E-state index in [1.54, 1.807) is 67.6 Å². The monoisotopic (exact) mass is 518 g/mol. The van der Waals surface area contributed by atoms with E-state index < -0.39 is 9.84 Å². The van der Waals surface area contributed by atoms with Gasteiger partial charge in [0.05, 0.1) is 17.1 Å². The molecule has 0 aliphatic rings. The first-order valence-electron chi connectivity index (χ1n) is 11.3. The summed E-state index contributed by atoms with van der Waals surface area (Å²) in [6.07, 6.45) is 0.0162. The first-order chi connectivity index (χ1) is 17.3. The summed E-state index contributed by atoms with van der Waals surface area (Å²) in [5.41, 5.74) is 2.49. The third-order valence-electron chi connectivity index (χ3n) is 5.61. The molecule has 6 nitrogen and oxygen atoms in total. The minimum Gasteiger partial charge on any atom is -0.310 e. The van der Waals surface area contributed by atoms with Gasteiger partial charge in [-0.3, -0.25) is 9.59 Å². The van der Waals surface area contributed by atoms with Crippen LogP contribution in [-0.4, -0.2) is 30.8 Å². The van der Waals surface area contributed by atoms with Crippen molar-refractivity contribution in [2.75, 3.05) is 11.1 Å². The number of benzene rings is 3. The highest BCUT2D eigenvalue weighted by atomic mass is 35.5. The molecule has 0 unspecified atom stereocenters. The smallest absolute Gasteiger partial charge is 0.229 e. The number of carbonyl (C=O) groups excluding carboxylic acids is 2. The van der Waals surface area contributed by atoms with Gasteiger partial charge in [-0.15, -0.1) is 0 Å². The van der Waals surface area contributed by atoms with Crippen molar-refractivity contribution in [3.8, 4) is 11.1 Å². The second-order valence-corrected chi connectivity index (χ2v) is 10.7. The molecule has 182 valence electrons. The van der Waals surface area contributed by atoms with Crippen molar-refractivity contribution < 1.29 is 18.0 Å². The molecule has 0 aliphatic heterocycles. The summed E-state index contributed by atoms with van der Waals surface area (Å²) in [4.78, 5) is 30.8. The van der Waals surface area contributed by atoms with Crippen LogP contribution in [0, 0.1) is 0 Å². The van der Waals surface area contributed by atoms with Crippen LogP contribution in [-0.2, 0) is 21.1 Å². The van der Waals surface area contributed by atoms with Gasteiger partial charge in [0.25, 0.3) is 0 Å². The maximum absolute atomic E-state index is 13.4. The van der Waals surface area contributed by atoms with Gasteiger partial charge in [-0.1, -0.05) is 79.2 Å². The molecule has 0 bridgehead atoms. The fourth-order valence-electron chi connectivity index (χ4n) is 3.68. The van der Waals surface area contributed by atoms with Crippen LogP contribution in [0.25, 0.3) is 11.1 Å². The van der Waals surface area contributed by atoms with E-state index in [0.717, 1.165) is 0 Å². The molecule has 8 heteroatoms. The third-order valence-corrected chi connectivity index (χ3v) is 7.69. The number of amides is 1. The molecule has 0 fully saturated rings. The lowest BCUT2D eigenvalue weighted by Crippen LogP contribution is -2.17. The summed E-state index contributed by atoms with van der Waals surface area (Å²) < 4.78 is 24.0. The second-order valence-electron chi connectivity index (χ2n) is 8.04. The topological polar surface area (TPSA) is 93.2 Å². The first kappa shape index (κ1) is 25.3. The average Bonchev–Trinajstić information content (AvgIpc) is 2.89. The van der Waals surface area contributed by atoms with Crippen LogP contribution < -0.4 is 5.32 Å². The Morgan fingerprint density at radius 2 is 1.50 bits per heavy atom. The first-order valence-corrected chi connectivity index (χ1v) is 13.3. The van der Waals surface area contributed by atoms with Gasteiger partial charge in [0.1, 0.15) is 11.5 Å². The average molecular weight is 519 g/mol. The Morgan fingerprint density at radius 1 is 0.833 bits per heavy atom. The molecule has 0 spiro atoms. The molecule has 1 heterocycles. The number of ketones is 1. The van der Waals surface area contributed by atoms with E-state index in [2.05, 4.69) is 10.3 Å². The number of carbonyl (C=O) groups is 2. The molecule has 0 saturated heterocycles. The van der Waals surface area contributed by atoms with Crippen molar-refractivity contribution in [1.82, 2.24) is 4.98 Å². The summed E-state index contributed by atoms with van der Waals surface area (Å²) in [6.45, 7) is 1.58. The Hall–Kier alpha value is -3.81. The molecular weight excluding hydrogens is 496 g/mol. The molecule has 3 aromatic carbocycles. The van der Waals surface area contributed by atoms with Crippen molar-refractivity contribution >= 4 is 38.9 Å². The van der Waals surface area contributed by atoms with Crippen LogP contribution in [0.5, 0.6) is 0 Å². The lowest BCUT2D eigenvalue weighted by molar-refractivity contribution is -0.115. The van der Waals surface area contributed by atoms with Gasteiger partial charge in [-0.25, -0.2) is 13.4 Å². The number of hydrogen-bond donors (Lipinski definition) is 1. The van der Waals surface area contributed by atoms with Crippen LogP contribution in [0.4, 0.5) is 5.82 Å². The quantitative estimate of drug-likeness (QED) is 0.306. The standard InChI is InChI=1S/C28H23ClN2O4S/c1-2-36(34,35)21-14-12-19(13-15-21)18-26(32)30-25-17-16-23(22-10-6-7-11-24(22)29)27(31-25)28(33)20-8-4-3-5-9-20/h3-17H,2,18H2,1H3,(H,30,31,32). The number of pyridine rings is 1. The Balaban J connectivity index is 1.61. The molecule has 1 N–H and O–H groups in total. The number of nitrogens with zero attached hydrogens (tertiary/aromatic N) is 1. The van der Waals surface area contributed by atoms with Gasteiger partial charge in [-0.2, -0.15) is 0 Å². The predicted molar refractivity (Wildman–Crippen MR) is 141 cm³/mol. The highest BCUT2D eigenvalue weighted by Gasteiger charge is 2.20.